The van der Waals surface area contributed by atoms with Crippen molar-refractivity contribution in [1.82, 2.24) is 15.1 Å². The Labute approximate surface area is 354 Å². The van der Waals surface area contributed by atoms with Gasteiger partial charge in [0.2, 0.25) is 0 Å². The molecule has 0 spiro atoms. The van der Waals surface area contributed by atoms with Crippen molar-refractivity contribution in [3.63, 3.8) is 0 Å². The minimum absolute atomic E-state index is 0. The van der Waals surface area contributed by atoms with Crippen molar-refractivity contribution in [1.29, 1.82) is 0 Å². The Morgan fingerprint density at radius 3 is 2.19 bits per heavy atom. The zero-order valence-corrected chi connectivity index (χ0v) is 37.7. The van der Waals surface area contributed by atoms with E-state index in [0.29, 0.717) is 35.5 Å². The van der Waals surface area contributed by atoms with Gasteiger partial charge in [0.15, 0.2) is 5.78 Å². The second kappa shape index (κ2) is 16.2. The molecule has 0 aliphatic heterocycles. The minimum Gasteiger partial charge on any atom is -0.478 e. The van der Waals surface area contributed by atoms with Gasteiger partial charge >= 0.3 is 5.97 Å². The average molecular weight is 819 g/mol. The van der Waals surface area contributed by atoms with Crippen LogP contribution in [-0.4, -0.2) is 72.5 Å². The van der Waals surface area contributed by atoms with E-state index in [4.69, 9.17) is 11.6 Å². The summed E-state index contributed by atoms with van der Waals surface area (Å²) in [7, 11) is 4.28. The first-order valence-electron chi connectivity index (χ1n) is 21.5. The second-order valence-electron chi connectivity index (χ2n) is 20.3. The number of halogens is 2. The minimum atomic E-state index is -0.877. The molecule has 3 saturated carbocycles. The molecule has 0 aromatic heterocycles. The highest BCUT2D eigenvalue weighted by atomic mass is 35.5. The number of carboxylic acids is 1. The number of aromatic carboxylic acids is 1. The topological polar surface area (TPSA) is 72.9 Å². The molecule has 0 saturated heterocycles. The molecule has 0 unspecified atom stereocenters. The van der Waals surface area contributed by atoms with Gasteiger partial charge in [-0.05, 0) is 156 Å². The Hall–Kier alpha value is -2.48. The van der Waals surface area contributed by atoms with Crippen LogP contribution in [0.15, 0.2) is 65.8 Å². The first-order chi connectivity index (χ1) is 26.4. The number of hydrogen-bond acceptors (Lipinski definition) is 5. The molecule has 6 nitrogen and oxygen atoms in total. The number of allylic oxidation sites excluding steroid dienone is 3. The summed E-state index contributed by atoms with van der Waals surface area (Å²) in [6.07, 6.45) is 11.1. The molecule has 3 fully saturated rings. The highest BCUT2D eigenvalue weighted by molar-refractivity contribution is 6.30. The largest absolute Gasteiger partial charge is 0.478 e. The molecule has 2 aromatic carbocycles. The maximum absolute atomic E-state index is 14.2. The highest BCUT2D eigenvalue weighted by Crippen LogP contribution is 2.76. The molecule has 0 radical (unpaired) electrons. The van der Waals surface area contributed by atoms with Crippen LogP contribution in [0.25, 0.3) is 5.57 Å². The third-order valence-corrected chi connectivity index (χ3v) is 16.8. The van der Waals surface area contributed by atoms with Gasteiger partial charge in [-0.3, -0.25) is 9.69 Å². The maximum Gasteiger partial charge on any atom is 0.335 e. The SMILES string of the molecule is CC(C)C1=C2[C@H]3CC[C@@H]4[C@@]5(C)CC=C(c6ccc(C(=O)O)cc6)C(C)(C)[C@@H]5CC[C@@]4(C)[C@]3(C)CC[C@@]2(NCCN(CCN(C)C)Cc2ccc(Cl)cc2)CC1=O.Cl. The Kier molecular flexibility index (Phi) is 12.5. The van der Waals surface area contributed by atoms with Gasteiger partial charge in [-0.1, -0.05) is 90.4 Å². The standard InChI is InChI=1S/C49H68ClN3O3.ClH/c1-32(2)42-39(54)30-49(51-26-27-53(29-28-52(8)9)31-33-10-16-36(50)17-11-33)25-24-47(6)38(43(42)49)18-19-41-46(5)22-20-37(34-12-14-35(15-13-34)44(55)56)45(3,4)40(46)21-23-48(41,47)7;/h10-17,20,32,38,40-41,51H,18-19,21-31H2,1-9H3,(H,55,56);1H/t38-,40+,41-,46+,47-,48-,49-;/m1./s1. The predicted octanol–water partition coefficient (Wildman–Crippen LogP) is 10.8. The summed E-state index contributed by atoms with van der Waals surface area (Å²) in [4.78, 5) is 30.6. The molecule has 0 heterocycles. The van der Waals surface area contributed by atoms with E-state index < -0.39 is 5.97 Å². The van der Waals surface area contributed by atoms with E-state index in [-0.39, 0.29) is 45.5 Å². The summed E-state index contributed by atoms with van der Waals surface area (Å²) in [5.74, 6) is 1.26. The first kappa shape index (κ1) is 44.1. The molecule has 57 heavy (non-hydrogen) atoms. The van der Waals surface area contributed by atoms with Gasteiger partial charge < -0.3 is 15.3 Å². The molecular formula is C49H69Cl2N3O3. The van der Waals surface area contributed by atoms with Crippen molar-refractivity contribution in [3.8, 4) is 0 Å². The van der Waals surface area contributed by atoms with Crippen LogP contribution in [0.5, 0.6) is 0 Å². The number of Topliss-reactive ketones (excluding diaryl/α,β-unsaturated/α-hetero) is 1. The number of likely N-dealkylation sites (N-methyl/N-ethyl adjacent to an activating group) is 1. The van der Waals surface area contributed by atoms with Gasteiger partial charge in [0.1, 0.15) is 0 Å². The van der Waals surface area contributed by atoms with Crippen LogP contribution < -0.4 is 5.32 Å². The van der Waals surface area contributed by atoms with Crippen LogP contribution in [-0.2, 0) is 11.3 Å². The van der Waals surface area contributed by atoms with E-state index in [1.54, 1.807) is 12.1 Å². The lowest BCUT2D eigenvalue weighted by molar-refractivity contribution is -0.194. The average Bonchev–Trinajstić information content (AvgIpc) is 3.43. The quantitative estimate of drug-likeness (QED) is 0.222. The smallest absolute Gasteiger partial charge is 0.335 e. The first-order valence-corrected chi connectivity index (χ1v) is 21.9. The molecule has 2 aromatic rings. The summed E-state index contributed by atoms with van der Waals surface area (Å²) >= 11 is 6.23. The Bertz CT molecular complexity index is 1890. The second-order valence-corrected chi connectivity index (χ2v) is 20.8. The number of carboxylic acid groups (broad SMARTS) is 1. The van der Waals surface area contributed by atoms with E-state index >= 15 is 0 Å². The number of hydrogen-bond donors (Lipinski definition) is 2. The van der Waals surface area contributed by atoms with Crippen molar-refractivity contribution >= 4 is 41.3 Å². The zero-order valence-electron chi connectivity index (χ0n) is 36.1. The highest BCUT2D eigenvalue weighted by Gasteiger charge is 2.69. The maximum atomic E-state index is 14.2. The Morgan fingerprint density at radius 1 is 0.877 bits per heavy atom. The van der Waals surface area contributed by atoms with Crippen LogP contribution in [0, 0.1) is 45.3 Å². The van der Waals surface area contributed by atoms with Crippen molar-refractivity contribution in [2.75, 3.05) is 40.3 Å². The van der Waals surface area contributed by atoms with Crippen LogP contribution in [0.1, 0.15) is 121 Å². The van der Waals surface area contributed by atoms with Gasteiger partial charge in [-0.15, -0.1) is 12.4 Å². The number of benzene rings is 2. The number of nitrogens with one attached hydrogen (secondary N) is 1. The lowest BCUT2D eigenvalue weighted by Crippen LogP contribution is -2.66. The molecule has 0 amide bonds. The summed E-state index contributed by atoms with van der Waals surface area (Å²) in [5, 5.41) is 14.5. The Balaban J connectivity index is 0.00000549. The summed E-state index contributed by atoms with van der Waals surface area (Å²) in [6, 6.07) is 15.8. The molecule has 5 aliphatic carbocycles. The molecule has 2 N–H and O–H groups in total. The van der Waals surface area contributed by atoms with Crippen LogP contribution >= 0.6 is 24.0 Å². The molecule has 7 rings (SSSR count). The normalized spacial score (nSPS) is 33.0. The molecule has 312 valence electrons. The van der Waals surface area contributed by atoms with Gasteiger partial charge in [0.05, 0.1) is 5.56 Å². The number of fused-ring (bicyclic) bond motifs is 7. The van der Waals surface area contributed by atoms with E-state index in [1.807, 2.05) is 24.3 Å². The van der Waals surface area contributed by atoms with Crippen molar-refractivity contribution in [3.05, 3.63) is 87.5 Å². The molecular weight excluding hydrogens is 749 g/mol. The number of ketones is 1. The van der Waals surface area contributed by atoms with Crippen molar-refractivity contribution in [2.24, 2.45) is 45.3 Å². The fourth-order valence-corrected chi connectivity index (χ4v) is 13.8. The van der Waals surface area contributed by atoms with Gasteiger partial charge in [0.25, 0.3) is 0 Å². The molecule has 8 heteroatoms. The van der Waals surface area contributed by atoms with Crippen LogP contribution in [0.3, 0.4) is 0 Å². The fourth-order valence-electron chi connectivity index (χ4n) is 13.6. The van der Waals surface area contributed by atoms with Crippen molar-refractivity contribution < 1.29 is 14.7 Å². The number of carbonyl (C=O) groups excluding carboxylic acids is 1. The van der Waals surface area contributed by atoms with Crippen LogP contribution in [0.4, 0.5) is 0 Å². The van der Waals surface area contributed by atoms with Gasteiger partial charge in [0, 0.05) is 49.7 Å². The van der Waals surface area contributed by atoms with Gasteiger partial charge in [-0.25, -0.2) is 4.79 Å². The third-order valence-electron chi connectivity index (χ3n) is 16.5. The fraction of sp³-hybridized carbons (Fsp3) is 0.633. The molecule has 5 aliphatic rings. The zero-order chi connectivity index (χ0) is 40.4. The van der Waals surface area contributed by atoms with Gasteiger partial charge in [-0.2, -0.15) is 0 Å². The predicted molar refractivity (Wildman–Crippen MR) is 237 cm³/mol. The van der Waals surface area contributed by atoms with E-state index in [2.05, 4.69) is 95.9 Å². The number of nitrogens with zero attached hydrogens (tertiary/aromatic N) is 2. The van der Waals surface area contributed by atoms with Crippen LogP contribution in [0.2, 0.25) is 5.02 Å². The summed E-state index contributed by atoms with van der Waals surface area (Å²) in [5.41, 5.74) is 6.95. The summed E-state index contributed by atoms with van der Waals surface area (Å²) < 4.78 is 0. The molecule has 0 bridgehead atoms. The lowest BCUT2D eigenvalue weighted by Gasteiger charge is -2.71. The Morgan fingerprint density at radius 2 is 1.56 bits per heavy atom. The van der Waals surface area contributed by atoms with E-state index in [1.165, 1.54) is 36.0 Å². The number of carbonyl (C=O) groups is 2. The summed E-state index contributed by atoms with van der Waals surface area (Å²) in [6.45, 7) is 21.9. The molecule has 7 atom stereocenters. The van der Waals surface area contributed by atoms with E-state index in [9.17, 15) is 14.7 Å². The van der Waals surface area contributed by atoms with E-state index in [0.717, 1.165) is 74.6 Å². The number of rotatable bonds is 12. The lowest BCUT2D eigenvalue weighted by atomic mass is 9.33. The third kappa shape index (κ3) is 7.51. The monoisotopic (exact) mass is 817 g/mol. The van der Waals surface area contributed by atoms with Crippen molar-refractivity contribution in [2.45, 2.75) is 112 Å².